The third kappa shape index (κ3) is 3.88. The van der Waals surface area contributed by atoms with Crippen LogP contribution in [0.5, 0.6) is 0 Å². The lowest BCUT2D eigenvalue weighted by Crippen LogP contribution is -2.11. The monoisotopic (exact) mass is 352 g/mol. The van der Waals surface area contributed by atoms with E-state index in [2.05, 4.69) is 20.3 Å². The summed E-state index contributed by atoms with van der Waals surface area (Å²) in [5.41, 5.74) is 5.20. The zero-order valence-electron chi connectivity index (χ0n) is 14.4. The smallest absolute Gasteiger partial charge is 0.255 e. The molecule has 0 spiro atoms. The Hall–Kier alpha value is -3.86. The third-order valence-electron chi connectivity index (χ3n) is 4.16. The van der Waals surface area contributed by atoms with Crippen LogP contribution < -0.4 is 5.32 Å². The minimum atomic E-state index is -0.158. The highest BCUT2D eigenvalue weighted by atomic mass is 16.1. The Morgan fingerprint density at radius 2 is 1.44 bits per heavy atom. The van der Waals surface area contributed by atoms with Crippen LogP contribution in [0, 0.1) is 0 Å². The van der Waals surface area contributed by atoms with Gasteiger partial charge in [0.15, 0.2) is 0 Å². The average Bonchev–Trinajstić information content (AvgIpc) is 2.75. The second-order valence-corrected chi connectivity index (χ2v) is 5.98. The first-order valence-electron chi connectivity index (χ1n) is 8.47. The minimum absolute atomic E-state index is 0.158. The second-order valence-electron chi connectivity index (χ2n) is 5.98. The number of pyridine rings is 1. The standard InChI is InChI=1S/C22H16N4O/c27-22(17-8-6-16(7-9-17)20-13-24-15-25-14-20)26-21-5-1-3-18(11-21)19-4-2-10-23-12-19/h1-15H,(H,26,27). The Kier molecular flexibility index (Phi) is 4.66. The van der Waals surface area contributed by atoms with Crippen molar-refractivity contribution in [3.63, 3.8) is 0 Å². The van der Waals surface area contributed by atoms with E-state index in [-0.39, 0.29) is 5.91 Å². The van der Waals surface area contributed by atoms with Crippen LogP contribution in [0.2, 0.25) is 0 Å². The van der Waals surface area contributed by atoms with Crippen LogP contribution in [-0.4, -0.2) is 20.9 Å². The van der Waals surface area contributed by atoms with Gasteiger partial charge in [0.25, 0.3) is 5.91 Å². The molecule has 5 nitrogen and oxygen atoms in total. The van der Waals surface area contributed by atoms with E-state index in [1.54, 1.807) is 36.9 Å². The summed E-state index contributed by atoms with van der Waals surface area (Å²) in [5, 5.41) is 2.94. The predicted molar refractivity (Wildman–Crippen MR) is 105 cm³/mol. The molecule has 2 aromatic heterocycles. The summed E-state index contributed by atoms with van der Waals surface area (Å²) < 4.78 is 0. The van der Waals surface area contributed by atoms with Gasteiger partial charge in [-0.3, -0.25) is 9.78 Å². The number of rotatable bonds is 4. The van der Waals surface area contributed by atoms with Crippen LogP contribution in [0.4, 0.5) is 5.69 Å². The van der Waals surface area contributed by atoms with Crippen molar-refractivity contribution in [1.29, 1.82) is 0 Å². The highest BCUT2D eigenvalue weighted by Gasteiger charge is 2.08. The number of carbonyl (C=O) groups is 1. The molecule has 0 radical (unpaired) electrons. The summed E-state index contributed by atoms with van der Waals surface area (Å²) in [5.74, 6) is -0.158. The average molecular weight is 352 g/mol. The molecule has 0 atom stereocenters. The maximum Gasteiger partial charge on any atom is 0.255 e. The van der Waals surface area contributed by atoms with Crippen LogP contribution >= 0.6 is 0 Å². The summed E-state index contributed by atoms with van der Waals surface area (Å²) in [7, 11) is 0. The van der Waals surface area contributed by atoms with E-state index >= 15 is 0 Å². The largest absolute Gasteiger partial charge is 0.322 e. The molecule has 0 saturated carbocycles. The van der Waals surface area contributed by atoms with Crippen molar-refractivity contribution in [2.45, 2.75) is 0 Å². The second kappa shape index (κ2) is 7.58. The molecule has 4 rings (SSSR count). The molecule has 4 aromatic rings. The van der Waals surface area contributed by atoms with Gasteiger partial charge in [-0.2, -0.15) is 0 Å². The Morgan fingerprint density at radius 3 is 2.19 bits per heavy atom. The first kappa shape index (κ1) is 16.6. The van der Waals surface area contributed by atoms with Gasteiger partial charge in [0.05, 0.1) is 0 Å². The van der Waals surface area contributed by atoms with Gasteiger partial charge in [0.1, 0.15) is 6.33 Å². The predicted octanol–water partition coefficient (Wildman–Crippen LogP) is 4.46. The van der Waals surface area contributed by atoms with Gasteiger partial charge in [-0.05, 0) is 41.5 Å². The summed E-state index contributed by atoms with van der Waals surface area (Å²) in [6.45, 7) is 0. The first-order chi connectivity index (χ1) is 13.3. The Balaban J connectivity index is 1.51. The third-order valence-corrected chi connectivity index (χ3v) is 4.16. The highest BCUT2D eigenvalue weighted by Crippen LogP contribution is 2.22. The van der Waals surface area contributed by atoms with Gasteiger partial charge in [-0.1, -0.05) is 30.3 Å². The lowest BCUT2D eigenvalue weighted by atomic mass is 10.1. The molecular weight excluding hydrogens is 336 g/mol. The van der Waals surface area contributed by atoms with Crippen molar-refractivity contribution in [2.24, 2.45) is 0 Å². The van der Waals surface area contributed by atoms with Gasteiger partial charge in [0.2, 0.25) is 0 Å². The molecule has 1 amide bonds. The normalized spacial score (nSPS) is 10.4. The maximum absolute atomic E-state index is 12.6. The Bertz CT molecular complexity index is 1050. The van der Waals surface area contributed by atoms with E-state index in [0.29, 0.717) is 5.56 Å². The number of nitrogens with zero attached hydrogens (tertiary/aromatic N) is 3. The lowest BCUT2D eigenvalue weighted by Gasteiger charge is -2.08. The number of carbonyl (C=O) groups excluding carboxylic acids is 1. The molecule has 2 aromatic carbocycles. The van der Waals surface area contributed by atoms with Crippen molar-refractivity contribution in [3.05, 3.63) is 97.3 Å². The van der Waals surface area contributed by atoms with Crippen LogP contribution in [-0.2, 0) is 0 Å². The van der Waals surface area contributed by atoms with Gasteiger partial charge >= 0.3 is 0 Å². The summed E-state index contributed by atoms with van der Waals surface area (Å²) >= 11 is 0. The topological polar surface area (TPSA) is 67.8 Å². The summed E-state index contributed by atoms with van der Waals surface area (Å²) in [6.07, 6.45) is 8.51. The molecule has 0 saturated heterocycles. The van der Waals surface area contributed by atoms with Crippen molar-refractivity contribution in [3.8, 4) is 22.3 Å². The van der Waals surface area contributed by atoms with Crippen molar-refractivity contribution >= 4 is 11.6 Å². The fourth-order valence-electron chi connectivity index (χ4n) is 2.78. The number of aromatic nitrogens is 3. The number of hydrogen-bond acceptors (Lipinski definition) is 4. The van der Waals surface area contributed by atoms with Crippen molar-refractivity contribution in [2.75, 3.05) is 5.32 Å². The van der Waals surface area contributed by atoms with E-state index in [9.17, 15) is 4.79 Å². The fraction of sp³-hybridized carbons (Fsp3) is 0. The molecule has 130 valence electrons. The summed E-state index contributed by atoms with van der Waals surface area (Å²) in [6, 6.07) is 18.9. The van der Waals surface area contributed by atoms with Gasteiger partial charge in [-0.25, -0.2) is 9.97 Å². The molecule has 2 heterocycles. The highest BCUT2D eigenvalue weighted by molar-refractivity contribution is 6.04. The molecule has 27 heavy (non-hydrogen) atoms. The summed E-state index contributed by atoms with van der Waals surface area (Å²) in [4.78, 5) is 24.7. The Labute approximate surface area is 156 Å². The molecular formula is C22H16N4O. The first-order valence-corrected chi connectivity index (χ1v) is 8.47. The van der Waals surface area contributed by atoms with Crippen molar-refractivity contribution in [1.82, 2.24) is 15.0 Å². The number of nitrogens with one attached hydrogen (secondary N) is 1. The zero-order valence-corrected chi connectivity index (χ0v) is 14.4. The number of amides is 1. The quantitative estimate of drug-likeness (QED) is 0.589. The zero-order chi connectivity index (χ0) is 18.5. The van der Waals surface area contributed by atoms with E-state index in [0.717, 1.165) is 27.9 Å². The van der Waals surface area contributed by atoms with Crippen LogP contribution in [0.25, 0.3) is 22.3 Å². The fourth-order valence-corrected chi connectivity index (χ4v) is 2.78. The minimum Gasteiger partial charge on any atom is -0.322 e. The van der Waals surface area contributed by atoms with Crippen LogP contribution in [0.3, 0.4) is 0 Å². The maximum atomic E-state index is 12.6. The molecule has 0 fully saturated rings. The number of hydrogen-bond donors (Lipinski definition) is 1. The van der Waals surface area contributed by atoms with Gasteiger partial charge < -0.3 is 5.32 Å². The van der Waals surface area contributed by atoms with Gasteiger partial charge in [0, 0.05) is 47.2 Å². The molecule has 0 bridgehead atoms. The lowest BCUT2D eigenvalue weighted by molar-refractivity contribution is 0.102. The van der Waals surface area contributed by atoms with Crippen molar-refractivity contribution < 1.29 is 4.79 Å². The van der Waals surface area contributed by atoms with E-state index in [4.69, 9.17) is 0 Å². The molecule has 1 N–H and O–H groups in total. The molecule has 0 aliphatic rings. The molecule has 0 unspecified atom stereocenters. The van der Waals surface area contributed by atoms with Gasteiger partial charge in [-0.15, -0.1) is 0 Å². The van der Waals surface area contributed by atoms with Crippen LogP contribution in [0.1, 0.15) is 10.4 Å². The van der Waals surface area contributed by atoms with E-state index < -0.39 is 0 Å². The van der Waals surface area contributed by atoms with E-state index in [1.807, 2.05) is 48.5 Å². The number of anilines is 1. The Morgan fingerprint density at radius 1 is 0.704 bits per heavy atom. The molecule has 0 aliphatic heterocycles. The van der Waals surface area contributed by atoms with E-state index in [1.165, 1.54) is 6.33 Å². The number of benzene rings is 2. The van der Waals surface area contributed by atoms with Crippen LogP contribution in [0.15, 0.2) is 91.8 Å². The SMILES string of the molecule is O=C(Nc1cccc(-c2cccnc2)c1)c1ccc(-c2cncnc2)cc1. The molecule has 0 aliphatic carbocycles. The molecule has 5 heteroatoms.